The molecule has 316 valence electrons. The number of benzene rings is 4. The molecule has 0 radical (unpaired) electrons. The van der Waals surface area contributed by atoms with Crippen LogP contribution in [0.4, 0.5) is 13.2 Å². The van der Waals surface area contributed by atoms with Gasteiger partial charge < -0.3 is 10.4 Å². The van der Waals surface area contributed by atoms with E-state index in [1.807, 2.05) is 22.9 Å². The van der Waals surface area contributed by atoms with Gasteiger partial charge in [-0.2, -0.15) is 9.49 Å². The predicted octanol–water partition coefficient (Wildman–Crippen LogP) is 6.61. The van der Waals surface area contributed by atoms with Crippen LogP contribution in [0.3, 0.4) is 0 Å². The SMILES string of the molecule is Cn1c(=O)n(C2CCC(=O)NC2=O)c2ccc(CCCN3CCc4cc(-c5ccc6cn(C7CCC(CNC(=O)c8cc(F)c(O)c(F)c8F)CC7)nc6c5)ccc4C3)cc21. The molecular weight excluding hydrogens is 788 g/mol. The highest BCUT2D eigenvalue weighted by Crippen LogP contribution is 2.34. The zero-order chi connectivity index (χ0) is 42.5. The molecule has 61 heavy (non-hydrogen) atoms. The molecule has 3 amide bonds. The van der Waals surface area contributed by atoms with Crippen LogP contribution in [0.5, 0.6) is 5.75 Å². The fraction of sp³-hybridized carbons (Fsp3) is 0.370. The van der Waals surface area contributed by atoms with Crippen molar-refractivity contribution in [1.29, 1.82) is 0 Å². The number of imidazole rings is 1. The maximum atomic E-state index is 14.2. The van der Waals surface area contributed by atoms with Gasteiger partial charge in [-0.05, 0) is 116 Å². The van der Waals surface area contributed by atoms with Gasteiger partial charge >= 0.3 is 5.69 Å². The number of fused-ring (bicyclic) bond motifs is 3. The molecule has 1 unspecified atom stereocenters. The molecule has 1 aliphatic carbocycles. The molecule has 4 heterocycles. The van der Waals surface area contributed by atoms with E-state index in [9.17, 15) is 37.5 Å². The van der Waals surface area contributed by atoms with E-state index >= 15 is 0 Å². The van der Waals surface area contributed by atoms with Gasteiger partial charge in [-0.1, -0.05) is 36.4 Å². The lowest BCUT2D eigenvalue weighted by Gasteiger charge is -2.29. The van der Waals surface area contributed by atoms with Crippen molar-refractivity contribution in [3.8, 4) is 16.9 Å². The number of hydrogen-bond donors (Lipinski definition) is 3. The number of aryl methyl sites for hydroxylation is 2. The third kappa shape index (κ3) is 7.82. The predicted molar refractivity (Wildman–Crippen MR) is 222 cm³/mol. The van der Waals surface area contributed by atoms with Crippen LogP contribution < -0.4 is 16.3 Å². The van der Waals surface area contributed by atoms with Crippen molar-refractivity contribution in [1.82, 2.24) is 34.4 Å². The molecule has 15 heteroatoms. The number of nitrogens with zero attached hydrogens (tertiary/aromatic N) is 5. The molecular formula is C46H46F3N7O5. The monoisotopic (exact) mass is 833 g/mol. The summed E-state index contributed by atoms with van der Waals surface area (Å²) < 4.78 is 46.8. The molecule has 3 N–H and O–H groups in total. The molecule has 1 atom stereocenters. The highest BCUT2D eigenvalue weighted by atomic mass is 19.2. The average Bonchev–Trinajstić information content (AvgIpc) is 3.80. The summed E-state index contributed by atoms with van der Waals surface area (Å²) in [5, 5.41) is 20.2. The first-order valence-electron chi connectivity index (χ1n) is 20.9. The van der Waals surface area contributed by atoms with Crippen molar-refractivity contribution in [3.05, 3.63) is 117 Å². The summed E-state index contributed by atoms with van der Waals surface area (Å²) in [6, 6.07) is 19.1. The van der Waals surface area contributed by atoms with Crippen molar-refractivity contribution in [2.24, 2.45) is 13.0 Å². The fourth-order valence-corrected chi connectivity index (χ4v) is 9.38. The van der Waals surface area contributed by atoms with E-state index in [-0.39, 0.29) is 36.5 Å². The Morgan fingerprint density at radius 2 is 1.67 bits per heavy atom. The maximum absolute atomic E-state index is 14.2. The first-order valence-corrected chi connectivity index (χ1v) is 20.9. The number of imide groups is 1. The number of halogens is 3. The van der Waals surface area contributed by atoms with Crippen LogP contribution in [0.25, 0.3) is 33.1 Å². The Bertz CT molecular complexity index is 2790. The zero-order valence-corrected chi connectivity index (χ0v) is 33.7. The summed E-state index contributed by atoms with van der Waals surface area (Å²) in [6.07, 6.45) is 8.63. The number of aromatic hydroxyl groups is 1. The largest absolute Gasteiger partial charge is 0.503 e. The molecule has 9 rings (SSSR count). The van der Waals surface area contributed by atoms with E-state index in [0.29, 0.717) is 18.0 Å². The minimum absolute atomic E-state index is 0.123. The van der Waals surface area contributed by atoms with E-state index < -0.39 is 46.6 Å². The minimum Gasteiger partial charge on any atom is -0.503 e. The normalized spacial score (nSPS) is 19.6. The van der Waals surface area contributed by atoms with Crippen molar-refractivity contribution in [2.75, 3.05) is 19.6 Å². The number of hydrogen-bond acceptors (Lipinski definition) is 7. The van der Waals surface area contributed by atoms with Crippen molar-refractivity contribution in [3.63, 3.8) is 0 Å². The van der Waals surface area contributed by atoms with E-state index in [1.54, 1.807) is 11.6 Å². The van der Waals surface area contributed by atoms with Crippen LogP contribution in [-0.4, -0.2) is 66.3 Å². The maximum Gasteiger partial charge on any atom is 0.329 e. The second kappa shape index (κ2) is 16.3. The number of aromatic nitrogens is 4. The summed E-state index contributed by atoms with van der Waals surface area (Å²) in [5.41, 5.74) is 7.42. The van der Waals surface area contributed by atoms with Crippen LogP contribution in [0.15, 0.2) is 71.7 Å². The van der Waals surface area contributed by atoms with E-state index in [4.69, 9.17) is 5.10 Å². The van der Waals surface area contributed by atoms with Gasteiger partial charge in [0.05, 0.1) is 28.2 Å². The van der Waals surface area contributed by atoms with Gasteiger partial charge in [-0.15, -0.1) is 0 Å². The third-order valence-electron chi connectivity index (χ3n) is 12.9. The summed E-state index contributed by atoms with van der Waals surface area (Å²) in [7, 11) is 1.72. The second-order valence-electron chi connectivity index (χ2n) is 16.8. The van der Waals surface area contributed by atoms with Crippen LogP contribution >= 0.6 is 0 Å². The summed E-state index contributed by atoms with van der Waals surface area (Å²) in [4.78, 5) is 52.4. The summed E-state index contributed by atoms with van der Waals surface area (Å²) >= 11 is 0. The van der Waals surface area contributed by atoms with Gasteiger partial charge in [-0.3, -0.25) is 38.4 Å². The molecule has 2 aromatic heterocycles. The Kier molecular flexibility index (Phi) is 10.8. The first-order chi connectivity index (χ1) is 29.4. The number of nitrogens with one attached hydrogen (secondary N) is 2. The molecule has 2 fully saturated rings. The Hall–Kier alpha value is -6.22. The molecule has 0 spiro atoms. The number of rotatable bonds is 10. The Morgan fingerprint density at radius 1 is 0.885 bits per heavy atom. The highest BCUT2D eigenvalue weighted by molar-refractivity contribution is 6.00. The number of phenols is 1. The van der Waals surface area contributed by atoms with Gasteiger partial charge in [-0.25, -0.2) is 13.6 Å². The zero-order valence-electron chi connectivity index (χ0n) is 33.7. The third-order valence-corrected chi connectivity index (χ3v) is 12.9. The molecule has 6 aromatic rings. The van der Waals surface area contributed by atoms with Crippen molar-refractivity contribution < 1.29 is 32.7 Å². The lowest BCUT2D eigenvalue weighted by atomic mass is 9.86. The lowest BCUT2D eigenvalue weighted by molar-refractivity contribution is -0.135. The van der Waals surface area contributed by atoms with E-state index in [2.05, 4.69) is 58.1 Å². The van der Waals surface area contributed by atoms with Gasteiger partial charge in [0.25, 0.3) is 5.91 Å². The van der Waals surface area contributed by atoms with Crippen LogP contribution in [0, 0.1) is 23.4 Å². The number of amides is 3. The van der Waals surface area contributed by atoms with Crippen LogP contribution in [-0.2, 0) is 36.0 Å². The van der Waals surface area contributed by atoms with Gasteiger partial charge in [0, 0.05) is 44.7 Å². The van der Waals surface area contributed by atoms with Crippen molar-refractivity contribution in [2.45, 2.75) is 76.4 Å². The quantitative estimate of drug-likeness (QED) is 0.104. The highest BCUT2D eigenvalue weighted by Gasteiger charge is 2.32. The molecule has 4 aromatic carbocycles. The van der Waals surface area contributed by atoms with Gasteiger partial charge in [0.15, 0.2) is 17.4 Å². The first kappa shape index (κ1) is 40.2. The lowest BCUT2D eigenvalue weighted by Crippen LogP contribution is -2.44. The molecule has 2 aliphatic heterocycles. The van der Waals surface area contributed by atoms with Gasteiger partial charge in [0.2, 0.25) is 17.6 Å². The molecule has 0 bridgehead atoms. The topological polar surface area (TPSA) is 143 Å². The molecule has 12 nitrogen and oxygen atoms in total. The fourth-order valence-electron chi connectivity index (χ4n) is 9.38. The standard InChI is InChI=1S/C46H46F3N7O5/c1-53-39-19-26(6-13-37(39)56(46(53)61)38-14-15-40(57)51-45(38)60)3-2-17-54-18-16-30-20-28(7-9-31(30)24-54)29-8-10-32-25-55(52-36(32)21-29)33-11-4-27(5-12-33)23-50-44(59)34-22-35(47)43(58)42(49)41(34)48/h6-10,13,19-22,25,27,33,38,58H,2-5,11-12,14-18,23-24H2,1H3,(H,50,59)(H,51,57,60). The molecule has 1 saturated carbocycles. The van der Waals surface area contributed by atoms with E-state index in [0.717, 1.165) is 97.7 Å². The van der Waals surface area contributed by atoms with Crippen molar-refractivity contribution >= 4 is 39.7 Å². The summed E-state index contributed by atoms with van der Waals surface area (Å²) in [6.45, 7) is 3.04. The molecule has 3 aliphatic rings. The number of phenolic OH excluding ortho intramolecular Hbond substituents is 1. The molecule has 1 saturated heterocycles. The minimum atomic E-state index is -1.78. The second-order valence-corrected chi connectivity index (χ2v) is 16.8. The van der Waals surface area contributed by atoms with E-state index in [1.165, 1.54) is 15.7 Å². The summed E-state index contributed by atoms with van der Waals surface area (Å²) in [5.74, 6) is -7.74. The number of carbonyl (C=O) groups excluding carboxylic acids is 3. The van der Waals surface area contributed by atoms with Crippen LogP contribution in [0.2, 0.25) is 0 Å². The number of carbonyl (C=O) groups is 3. The average molecular weight is 834 g/mol. The smallest absolute Gasteiger partial charge is 0.329 e. The Labute approximate surface area is 348 Å². The number of piperidine rings is 1. The van der Waals surface area contributed by atoms with Gasteiger partial charge in [0.1, 0.15) is 6.04 Å². The Balaban J connectivity index is 0.776. The Morgan fingerprint density at radius 3 is 2.48 bits per heavy atom. The van der Waals surface area contributed by atoms with Crippen LogP contribution in [0.1, 0.15) is 84.1 Å².